The third-order valence-corrected chi connectivity index (χ3v) is 4.13. The number of anilines is 1. The molecule has 0 saturated carbocycles. The maximum atomic E-state index is 13.9. The highest BCUT2D eigenvalue weighted by Crippen LogP contribution is 2.28. The minimum absolute atomic E-state index is 0.175. The number of halogens is 1. The molecule has 110 valence electrons. The van der Waals surface area contributed by atoms with Gasteiger partial charge in [-0.05, 0) is 67.1 Å². The molecule has 2 aromatic carbocycles. The Hall–Kier alpha value is -2.03. The van der Waals surface area contributed by atoms with E-state index < -0.39 is 0 Å². The minimum Gasteiger partial charge on any atom is -0.497 e. The molecular formula is C18H20FNO. The molecule has 1 aliphatic rings. The summed E-state index contributed by atoms with van der Waals surface area (Å²) in [5, 5.41) is 3.34. The molecule has 1 unspecified atom stereocenters. The van der Waals surface area contributed by atoms with Crippen molar-refractivity contribution >= 4 is 5.69 Å². The Kier molecular flexibility index (Phi) is 3.82. The second-order valence-electron chi connectivity index (χ2n) is 5.70. The van der Waals surface area contributed by atoms with Gasteiger partial charge in [-0.3, -0.25) is 0 Å². The van der Waals surface area contributed by atoms with E-state index in [9.17, 15) is 4.39 Å². The third-order valence-electron chi connectivity index (χ3n) is 4.13. The SMILES string of the molecule is COc1ccc2c(c1)CC(Nc1ccc(C)cc1F)CC2. The summed E-state index contributed by atoms with van der Waals surface area (Å²) >= 11 is 0. The molecule has 0 heterocycles. The number of benzene rings is 2. The van der Waals surface area contributed by atoms with Gasteiger partial charge in [0.25, 0.3) is 0 Å². The first kappa shape index (κ1) is 13.9. The Bertz CT molecular complexity index is 654. The van der Waals surface area contributed by atoms with Gasteiger partial charge in [-0.2, -0.15) is 0 Å². The van der Waals surface area contributed by atoms with E-state index in [0.29, 0.717) is 5.69 Å². The molecule has 0 amide bonds. The van der Waals surface area contributed by atoms with Gasteiger partial charge in [0.1, 0.15) is 11.6 Å². The number of aryl methyl sites for hydroxylation is 2. The average Bonchev–Trinajstić information content (AvgIpc) is 2.49. The van der Waals surface area contributed by atoms with Crippen LogP contribution in [0.5, 0.6) is 5.75 Å². The Morgan fingerprint density at radius 3 is 2.76 bits per heavy atom. The fourth-order valence-electron chi connectivity index (χ4n) is 2.94. The van der Waals surface area contributed by atoms with Gasteiger partial charge in [0.15, 0.2) is 0 Å². The molecule has 3 rings (SSSR count). The Labute approximate surface area is 125 Å². The zero-order valence-electron chi connectivity index (χ0n) is 12.4. The van der Waals surface area contributed by atoms with Crippen LogP contribution in [0, 0.1) is 12.7 Å². The highest BCUT2D eigenvalue weighted by molar-refractivity contribution is 5.48. The summed E-state index contributed by atoms with van der Waals surface area (Å²) in [6, 6.07) is 11.8. The summed E-state index contributed by atoms with van der Waals surface area (Å²) in [6.45, 7) is 1.90. The van der Waals surface area contributed by atoms with Crippen LogP contribution in [0.25, 0.3) is 0 Å². The van der Waals surface area contributed by atoms with Crippen LogP contribution in [-0.4, -0.2) is 13.2 Å². The molecule has 0 radical (unpaired) electrons. The lowest BCUT2D eigenvalue weighted by Gasteiger charge is -2.27. The van der Waals surface area contributed by atoms with Gasteiger partial charge in [-0.1, -0.05) is 12.1 Å². The highest BCUT2D eigenvalue weighted by Gasteiger charge is 2.19. The van der Waals surface area contributed by atoms with Crippen LogP contribution in [0.1, 0.15) is 23.1 Å². The van der Waals surface area contributed by atoms with Crippen molar-refractivity contribution in [2.24, 2.45) is 0 Å². The van der Waals surface area contributed by atoms with Crippen LogP contribution in [0.3, 0.4) is 0 Å². The average molecular weight is 285 g/mol. The number of nitrogens with one attached hydrogen (secondary N) is 1. The van der Waals surface area contributed by atoms with Gasteiger partial charge in [0, 0.05) is 6.04 Å². The van der Waals surface area contributed by atoms with E-state index in [1.54, 1.807) is 13.2 Å². The molecule has 21 heavy (non-hydrogen) atoms. The summed E-state index contributed by atoms with van der Waals surface area (Å²) in [7, 11) is 1.68. The van der Waals surface area contributed by atoms with Gasteiger partial charge < -0.3 is 10.1 Å². The smallest absolute Gasteiger partial charge is 0.146 e. The Balaban J connectivity index is 1.76. The summed E-state index contributed by atoms with van der Waals surface area (Å²) < 4.78 is 19.2. The molecule has 0 spiro atoms. The number of fused-ring (bicyclic) bond motifs is 1. The van der Waals surface area contributed by atoms with Crippen molar-refractivity contribution in [3.05, 3.63) is 58.9 Å². The van der Waals surface area contributed by atoms with Crippen molar-refractivity contribution < 1.29 is 9.13 Å². The van der Waals surface area contributed by atoms with E-state index in [1.165, 1.54) is 11.1 Å². The molecule has 2 aromatic rings. The number of hydrogen-bond donors (Lipinski definition) is 1. The lowest BCUT2D eigenvalue weighted by Crippen LogP contribution is -2.27. The molecule has 0 aliphatic heterocycles. The van der Waals surface area contributed by atoms with E-state index in [-0.39, 0.29) is 11.9 Å². The summed E-state index contributed by atoms with van der Waals surface area (Å²) in [5.74, 6) is 0.711. The standard InChI is InChI=1S/C18H20FNO/c1-12-3-8-18(17(19)9-12)20-15-6-4-13-5-7-16(21-2)11-14(13)10-15/h3,5,7-9,11,15,20H,4,6,10H2,1-2H3. The summed E-state index contributed by atoms with van der Waals surface area (Å²) in [4.78, 5) is 0. The normalized spacial score (nSPS) is 17.2. The van der Waals surface area contributed by atoms with Gasteiger partial charge in [0.2, 0.25) is 0 Å². The third kappa shape index (κ3) is 3.02. The molecule has 1 atom stereocenters. The maximum Gasteiger partial charge on any atom is 0.146 e. The molecule has 0 fully saturated rings. The fraction of sp³-hybridized carbons (Fsp3) is 0.333. The molecule has 2 nitrogen and oxygen atoms in total. The first-order valence-corrected chi connectivity index (χ1v) is 7.34. The van der Waals surface area contributed by atoms with E-state index >= 15 is 0 Å². The Morgan fingerprint density at radius 2 is 2.00 bits per heavy atom. The molecule has 3 heteroatoms. The van der Waals surface area contributed by atoms with Crippen molar-refractivity contribution in [1.29, 1.82) is 0 Å². The van der Waals surface area contributed by atoms with Crippen LogP contribution < -0.4 is 10.1 Å². The predicted molar refractivity (Wildman–Crippen MR) is 83.6 cm³/mol. The van der Waals surface area contributed by atoms with Gasteiger partial charge in [-0.15, -0.1) is 0 Å². The first-order chi connectivity index (χ1) is 10.2. The van der Waals surface area contributed by atoms with E-state index in [4.69, 9.17) is 4.74 Å². The Morgan fingerprint density at radius 1 is 1.14 bits per heavy atom. The lowest BCUT2D eigenvalue weighted by molar-refractivity contribution is 0.413. The monoisotopic (exact) mass is 285 g/mol. The van der Waals surface area contributed by atoms with Crippen LogP contribution in [0.4, 0.5) is 10.1 Å². The molecular weight excluding hydrogens is 265 g/mol. The maximum absolute atomic E-state index is 13.9. The van der Waals surface area contributed by atoms with Crippen molar-refractivity contribution in [3.8, 4) is 5.75 Å². The molecule has 1 aliphatic carbocycles. The van der Waals surface area contributed by atoms with Crippen LogP contribution >= 0.6 is 0 Å². The second-order valence-corrected chi connectivity index (χ2v) is 5.70. The molecule has 0 bridgehead atoms. The van der Waals surface area contributed by atoms with E-state index in [2.05, 4.69) is 17.4 Å². The van der Waals surface area contributed by atoms with Crippen molar-refractivity contribution in [2.75, 3.05) is 12.4 Å². The topological polar surface area (TPSA) is 21.3 Å². The molecule has 0 saturated heterocycles. The molecule has 1 N–H and O–H groups in total. The fourth-order valence-corrected chi connectivity index (χ4v) is 2.94. The van der Waals surface area contributed by atoms with Crippen molar-refractivity contribution in [2.45, 2.75) is 32.2 Å². The van der Waals surface area contributed by atoms with Gasteiger partial charge >= 0.3 is 0 Å². The van der Waals surface area contributed by atoms with Crippen LogP contribution in [-0.2, 0) is 12.8 Å². The summed E-state index contributed by atoms with van der Waals surface area (Å²) in [6.07, 6.45) is 2.94. The zero-order valence-corrected chi connectivity index (χ0v) is 12.4. The summed E-state index contributed by atoms with van der Waals surface area (Å²) in [5.41, 5.74) is 4.21. The van der Waals surface area contributed by atoms with Gasteiger partial charge in [0.05, 0.1) is 12.8 Å². The molecule has 0 aromatic heterocycles. The highest BCUT2D eigenvalue weighted by atomic mass is 19.1. The number of ether oxygens (including phenoxy) is 1. The van der Waals surface area contributed by atoms with Gasteiger partial charge in [-0.25, -0.2) is 4.39 Å². The number of methoxy groups -OCH3 is 1. The second kappa shape index (κ2) is 5.76. The van der Waals surface area contributed by atoms with E-state index in [1.807, 2.05) is 25.1 Å². The minimum atomic E-state index is -0.175. The number of rotatable bonds is 3. The quantitative estimate of drug-likeness (QED) is 0.916. The largest absolute Gasteiger partial charge is 0.497 e. The zero-order chi connectivity index (χ0) is 14.8. The van der Waals surface area contributed by atoms with Crippen molar-refractivity contribution in [1.82, 2.24) is 0 Å². The first-order valence-electron chi connectivity index (χ1n) is 7.34. The van der Waals surface area contributed by atoms with E-state index in [0.717, 1.165) is 30.6 Å². The predicted octanol–water partition coefficient (Wildman–Crippen LogP) is 4.11. The van der Waals surface area contributed by atoms with Crippen LogP contribution in [0.2, 0.25) is 0 Å². The van der Waals surface area contributed by atoms with Crippen molar-refractivity contribution in [3.63, 3.8) is 0 Å². The lowest BCUT2D eigenvalue weighted by atomic mass is 9.88. The van der Waals surface area contributed by atoms with Crippen LogP contribution in [0.15, 0.2) is 36.4 Å². The number of hydrogen-bond acceptors (Lipinski definition) is 2.